The first kappa shape index (κ1) is 18.4. The number of pyridine rings is 1. The van der Waals surface area contributed by atoms with Crippen molar-refractivity contribution in [3.63, 3.8) is 0 Å². The molecule has 1 aromatic carbocycles. The highest BCUT2D eigenvalue weighted by molar-refractivity contribution is 7.98. The average Bonchev–Trinajstić information content (AvgIpc) is 3.05. The normalized spacial score (nSPS) is 11.2. The quantitative estimate of drug-likeness (QED) is 0.512. The molecular formula is C17H10ClF2N5O2S. The number of hydrogen-bond donors (Lipinski definition) is 1. The highest BCUT2D eigenvalue weighted by atomic mass is 35.5. The summed E-state index contributed by atoms with van der Waals surface area (Å²) in [5, 5.41) is 8.62. The van der Waals surface area contributed by atoms with Crippen LogP contribution in [-0.4, -0.2) is 24.4 Å². The van der Waals surface area contributed by atoms with E-state index in [1.165, 1.54) is 0 Å². The second kappa shape index (κ2) is 7.21. The number of hydrogen-bond acceptors (Lipinski definition) is 5. The Morgan fingerprint density at radius 1 is 1.14 bits per heavy atom. The summed E-state index contributed by atoms with van der Waals surface area (Å²) in [5.41, 5.74) is -1.19. The molecule has 4 aromatic rings. The van der Waals surface area contributed by atoms with Gasteiger partial charge in [-0.1, -0.05) is 35.5 Å². The number of aromatic amines is 1. The highest BCUT2D eigenvalue weighted by Crippen LogP contribution is 2.23. The zero-order valence-corrected chi connectivity index (χ0v) is 15.5. The molecule has 0 saturated heterocycles. The molecule has 11 heteroatoms. The van der Waals surface area contributed by atoms with Crippen LogP contribution in [0.5, 0.6) is 0 Å². The van der Waals surface area contributed by atoms with E-state index >= 15 is 0 Å². The Bertz CT molecular complexity index is 1300. The van der Waals surface area contributed by atoms with Crippen LogP contribution in [0.4, 0.5) is 8.78 Å². The molecule has 0 spiro atoms. The summed E-state index contributed by atoms with van der Waals surface area (Å²) in [6.07, 6.45) is 2.03. The molecule has 0 fully saturated rings. The summed E-state index contributed by atoms with van der Waals surface area (Å²) in [6.45, 7) is 0. The maximum absolute atomic E-state index is 14.0. The minimum atomic E-state index is -1.08. The van der Waals surface area contributed by atoms with Gasteiger partial charge in [0.2, 0.25) is 0 Å². The molecule has 0 unspecified atom stereocenters. The number of aromatic nitrogens is 5. The number of H-pyrrole nitrogens is 1. The molecular weight excluding hydrogens is 412 g/mol. The van der Waals surface area contributed by atoms with Crippen LogP contribution < -0.4 is 11.1 Å². The summed E-state index contributed by atoms with van der Waals surface area (Å²) >= 11 is 7.03. The maximum Gasteiger partial charge on any atom is 0.288 e. The van der Waals surface area contributed by atoms with E-state index in [2.05, 4.69) is 15.2 Å². The van der Waals surface area contributed by atoms with Crippen LogP contribution in [-0.2, 0) is 5.75 Å². The highest BCUT2D eigenvalue weighted by Gasteiger charge is 2.19. The summed E-state index contributed by atoms with van der Waals surface area (Å²) in [6, 6.07) is 7.95. The predicted octanol–water partition coefficient (Wildman–Crippen LogP) is 2.79. The van der Waals surface area contributed by atoms with E-state index in [0.29, 0.717) is 10.8 Å². The molecule has 0 aliphatic rings. The zero-order chi connectivity index (χ0) is 19.8. The van der Waals surface area contributed by atoms with E-state index in [0.717, 1.165) is 45.0 Å². The molecule has 28 heavy (non-hydrogen) atoms. The van der Waals surface area contributed by atoms with Crippen molar-refractivity contribution in [1.82, 2.24) is 24.4 Å². The summed E-state index contributed by atoms with van der Waals surface area (Å²) in [7, 11) is 0. The molecule has 0 bridgehead atoms. The molecule has 0 saturated carbocycles. The fourth-order valence-corrected chi connectivity index (χ4v) is 3.59. The SMILES string of the molecule is O=c1[nH]cc(-n2c(SCc3ccc(Cl)cc3)nn3ncc(F)c3c2=O)cc1F. The average molecular weight is 422 g/mol. The Labute approximate surface area is 164 Å². The number of nitrogens with zero attached hydrogens (tertiary/aromatic N) is 4. The minimum Gasteiger partial charge on any atom is -0.324 e. The molecule has 142 valence electrons. The molecule has 4 rings (SSSR count). The second-order valence-electron chi connectivity index (χ2n) is 5.70. The molecule has 0 amide bonds. The lowest BCUT2D eigenvalue weighted by atomic mass is 10.2. The topological polar surface area (TPSA) is 85.1 Å². The lowest BCUT2D eigenvalue weighted by molar-refractivity contribution is 0.600. The van der Waals surface area contributed by atoms with Crippen molar-refractivity contribution < 1.29 is 8.78 Å². The van der Waals surface area contributed by atoms with E-state index in [1.54, 1.807) is 12.1 Å². The van der Waals surface area contributed by atoms with E-state index in [9.17, 15) is 18.4 Å². The van der Waals surface area contributed by atoms with E-state index in [1.807, 2.05) is 12.1 Å². The van der Waals surface area contributed by atoms with Crippen molar-refractivity contribution in [2.45, 2.75) is 10.9 Å². The van der Waals surface area contributed by atoms with Gasteiger partial charge in [0.05, 0.1) is 11.9 Å². The van der Waals surface area contributed by atoms with Gasteiger partial charge in [-0.15, -0.1) is 9.73 Å². The van der Waals surface area contributed by atoms with Crippen LogP contribution in [0, 0.1) is 11.6 Å². The largest absolute Gasteiger partial charge is 0.324 e. The third-order valence-corrected chi connectivity index (χ3v) is 5.12. The number of halogens is 3. The van der Waals surface area contributed by atoms with Gasteiger partial charge in [-0.25, -0.2) is 8.78 Å². The Hall–Kier alpha value is -2.98. The van der Waals surface area contributed by atoms with Crippen molar-refractivity contribution in [2.75, 3.05) is 0 Å². The van der Waals surface area contributed by atoms with Gasteiger partial charge in [0.1, 0.15) is 0 Å². The van der Waals surface area contributed by atoms with Crippen LogP contribution >= 0.6 is 23.4 Å². The monoisotopic (exact) mass is 421 g/mol. The number of fused-ring (bicyclic) bond motifs is 1. The van der Waals surface area contributed by atoms with Crippen molar-refractivity contribution in [3.05, 3.63) is 85.7 Å². The number of rotatable bonds is 4. The van der Waals surface area contributed by atoms with Crippen LogP contribution in [0.15, 0.2) is 57.5 Å². The van der Waals surface area contributed by atoms with Gasteiger partial charge in [-0.05, 0) is 17.7 Å². The fourth-order valence-electron chi connectivity index (χ4n) is 2.53. The Morgan fingerprint density at radius 2 is 1.89 bits per heavy atom. The summed E-state index contributed by atoms with van der Waals surface area (Å²) in [5.74, 6) is -1.53. The van der Waals surface area contributed by atoms with Gasteiger partial charge in [0.15, 0.2) is 22.3 Å². The van der Waals surface area contributed by atoms with Crippen molar-refractivity contribution >= 4 is 28.9 Å². The van der Waals surface area contributed by atoms with Gasteiger partial charge in [-0.3, -0.25) is 14.2 Å². The Kier molecular flexibility index (Phi) is 4.73. The van der Waals surface area contributed by atoms with Crippen LogP contribution in [0.1, 0.15) is 5.56 Å². The molecule has 1 N–H and O–H groups in total. The Morgan fingerprint density at radius 3 is 2.61 bits per heavy atom. The Balaban J connectivity index is 1.86. The first-order valence-electron chi connectivity index (χ1n) is 7.86. The van der Waals surface area contributed by atoms with Gasteiger partial charge in [-0.2, -0.15) is 5.10 Å². The molecule has 0 atom stereocenters. The smallest absolute Gasteiger partial charge is 0.288 e. The first-order chi connectivity index (χ1) is 13.4. The molecule has 0 radical (unpaired) electrons. The predicted molar refractivity (Wildman–Crippen MR) is 100 cm³/mol. The zero-order valence-electron chi connectivity index (χ0n) is 13.9. The third kappa shape index (κ3) is 3.32. The molecule has 0 aliphatic carbocycles. The van der Waals surface area contributed by atoms with Crippen molar-refractivity contribution in [3.8, 4) is 5.69 Å². The first-order valence-corrected chi connectivity index (χ1v) is 9.23. The van der Waals surface area contributed by atoms with E-state index < -0.39 is 22.8 Å². The number of benzene rings is 1. The van der Waals surface area contributed by atoms with Crippen molar-refractivity contribution in [2.24, 2.45) is 0 Å². The lowest BCUT2D eigenvalue weighted by Crippen LogP contribution is -2.26. The van der Waals surface area contributed by atoms with Gasteiger partial charge in [0, 0.05) is 23.0 Å². The van der Waals surface area contributed by atoms with Crippen LogP contribution in [0.3, 0.4) is 0 Å². The van der Waals surface area contributed by atoms with Gasteiger partial charge < -0.3 is 4.98 Å². The van der Waals surface area contributed by atoms with Crippen LogP contribution in [0.25, 0.3) is 11.2 Å². The standard InChI is InChI=1S/C17H10ClF2N5O2S/c18-10-3-1-9(2-4-10)8-28-17-23-25-14(13(20)7-22-25)16(27)24(17)11-5-12(19)15(26)21-6-11/h1-7H,8H2,(H,21,26). The molecule has 3 aromatic heterocycles. The van der Waals surface area contributed by atoms with Crippen LogP contribution in [0.2, 0.25) is 5.02 Å². The minimum absolute atomic E-state index is 0.0105. The molecule has 3 heterocycles. The second-order valence-corrected chi connectivity index (χ2v) is 7.08. The van der Waals surface area contributed by atoms with E-state index in [-0.39, 0.29) is 16.4 Å². The van der Waals surface area contributed by atoms with Gasteiger partial charge in [0.25, 0.3) is 11.1 Å². The third-order valence-electron chi connectivity index (χ3n) is 3.87. The molecule has 0 aliphatic heterocycles. The maximum atomic E-state index is 14.0. The van der Waals surface area contributed by atoms with E-state index in [4.69, 9.17) is 11.6 Å². The number of nitrogens with one attached hydrogen (secondary N) is 1. The van der Waals surface area contributed by atoms with Crippen molar-refractivity contribution in [1.29, 1.82) is 0 Å². The fraction of sp³-hybridized carbons (Fsp3) is 0.0588. The summed E-state index contributed by atoms with van der Waals surface area (Å²) < 4.78 is 29.7. The van der Waals surface area contributed by atoms with Gasteiger partial charge >= 0.3 is 0 Å². The summed E-state index contributed by atoms with van der Waals surface area (Å²) in [4.78, 5) is 26.4. The lowest BCUT2D eigenvalue weighted by Gasteiger charge is -2.12. The number of thioether (sulfide) groups is 1. The molecule has 7 nitrogen and oxygen atoms in total.